The average Bonchev–Trinajstić information content (AvgIpc) is 1.53. The number of Topliss-reactive ketones (excluding diaryl/α,β-unsaturated/α-hetero) is 5. The van der Waals surface area contributed by atoms with Gasteiger partial charge in [-0.05, 0) is 310 Å². The molecule has 1 heterocycles. The van der Waals surface area contributed by atoms with Crippen molar-refractivity contribution in [1.29, 1.82) is 21.0 Å². The third-order valence-corrected chi connectivity index (χ3v) is 29.5. The van der Waals surface area contributed by atoms with E-state index >= 15 is 0 Å². The summed E-state index contributed by atoms with van der Waals surface area (Å²) in [7, 11) is -0.875. The Morgan fingerprint density at radius 1 is 0.470 bits per heavy atom. The van der Waals surface area contributed by atoms with Gasteiger partial charge in [0.2, 0.25) is 11.7 Å². The predicted octanol–water partition coefficient (Wildman–Crippen LogP) is 23.9. The summed E-state index contributed by atoms with van der Waals surface area (Å²) < 4.78 is 6.98. The average molecular weight is 1960 g/mol. The molecule has 132 heavy (non-hydrogen) atoms. The maximum atomic E-state index is 12.9. The van der Waals surface area contributed by atoms with E-state index in [1.54, 1.807) is 35.4 Å². The molecule has 16 nitrogen and oxygen atoms in total. The molecule has 10 aliphatic carbocycles. The highest BCUT2D eigenvalue weighted by Crippen LogP contribution is 2.63. The van der Waals surface area contributed by atoms with Crippen molar-refractivity contribution in [2.75, 3.05) is 7.05 Å². The quantitative estimate of drug-likeness (QED) is 0.0688. The number of halogens is 3. The van der Waals surface area contributed by atoms with Crippen molar-refractivity contribution in [1.82, 2.24) is 5.06 Å². The summed E-state index contributed by atoms with van der Waals surface area (Å²) >= 11 is 10.2. The van der Waals surface area contributed by atoms with Crippen LogP contribution < -0.4 is 11.2 Å². The van der Waals surface area contributed by atoms with Gasteiger partial charge in [-0.25, -0.2) is 14.9 Å². The second kappa shape index (κ2) is 40.9. The van der Waals surface area contributed by atoms with Gasteiger partial charge in [0.1, 0.15) is 0 Å². The van der Waals surface area contributed by atoms with Gasteiger partial charge in [-0.15, -0.1) is 13.2 Å². The van der Waals surface area contributed by atoms with Crippen molar-refractivity contribution in [3.05, 3.63) is 365 Å². The van der Waals surface area contributed by atoms with Gasteiger partial charge < -0.3 is 15.8 Å². The number of nitrogens with two attached hydrogens (primary N) is 1. The first-order chi connectivity index (χ1) is 63.4. The molecule has 5 spiro atoms. The third-order valence-electron chi connectivity index (χ3n) is 27.2. The summed E-state index contributed by atoms with van der Waals surface area (Å²) in [5, 5.41) is 54.7. The van der Waals surface area contributed by atoms with Crippen LogP contribution in [0.15, 0.2) is 286 Å². The first-order valence-corrected chi connectivity index (χ1v) is 50.6. The van der Waals surface area contributed by atoms with Gasteiger partial charge in [-0.2, -0.15) is 21.0 Å². The van der Waals surface area contributed by atoms with Gasteiger partial charge in [-0.3, -0.25) is 28.6 Å². The normalized spacial score (nSPS) is 18.2. The largest absolute Gasteiger partial charge is 0.488 e. The molecule has 2 fully saturated rings. The summed E-state index contributed by atoms with van der Waals surface area (Å²) in [5.74, 6) is 4.46. The number of hydroxylamine groups is 2. The van der Waals surface area contributed by atoms with Crippen LogP contribution in [0.3, 0.4) is 0 Å². The van der Waals surface area contributed by atoms with Crippen LogP contribution in [0.1, 0.15) is 209 Å². The molecule has 0 bridgehead atoms. The van der Waals surface area contributed by atoms with Crippen molar-refractivity contribution in [3.63, 3.8) is 0 Å². The Hall–Kier alpha value is -12.2. The molecule has 21 rings (SSSR count). The van der Waals surface area contributed by atoms with E-state index in [-0.39, 0.29) is 44.4 Å². The van der Waals surface area contributed by atoms with Crippen LogP contribution in [-0.2, 0) is 49.1 Å². The molecule has 1 unspecified atom stereocenters. The van der Waals surface area contributed by atoms with Crippen LogP contribution in [0.5, 0.6) is 0 Å². The van der Waals surface area contributed by atoms with Crippen LogP contribution in [0.4, 0.5) is 0 Å². The molecule has 664 valence electrons. The molecule has 2 saturated carbocycles. The van der Waals surface area contributed by atoms with Gasteiger partial charge in [0, 0.05) is 87.3 Å². The number of aryl methyl sites for hydroxylation is 1. The maximum absolute atomic E-state index is 12.9. The topological polar surface area (TPSA) is 284 Å². The van der Waals surface area contributed by atoms with Crippen LogP contribution in [0.2, 0.25) is 19.6 Å². The van der Waals surface area contributed by atoms with E-state index in [0.717, 1.165) is 181 Å². The molecule has 0 saturated heterocycles. The number of rotatable bonds is 9. The smallest absolute Gasteiger partial charge is 0.423 e. The SMILES string of the molecule is C=C=N[Si](C)(C)C.C=CCC1(CC=C)Cc2ccc(Br)cc2C1=O.CN1OC2(N=C1N)c1cc(-c3cccc(C#N)c3)ccc1CC21CCCC1.N#Cc1cccc(-c2ccc3c(c2)C(=O)C2(CC=CC2)C3)c1.N#Cc1cccc(-c2ccc3c(c2)C(=O)C2(CCCC2)C3)c1.N#Cc1cccc(B(O)O)c1.O=C1CCc2ccc(Br)cc21.O=C1c2cc(Br)ccc2CC12CC=CC2. The highest BCUT2D eigenvalue weighted by molar-refractivity contribution is 9.11. The standard InChI is InChI=1S/C22H22N4O.C20H17NO.C20H15NO.C15H15BrO.C13H11BrO.C9H7BrO.C7H6BNO2.C5H11NSi/c1-26-20(24)25-22(27-26)19-12-17(16-6-4-5-15(11-16)14-23)7-8-18(19)13-21(22)9-2-3-10-21;2*21-13-14-4-3-5-15(10-14)16-6-7-17-12-20(8-1-2-9-20)19(22)18(17)11-16;1-3-7-15(8-4-2)10-11-5-6-12(16)9-13(11)14(15)17;14-10-4-3-9-8-13(5-1-2-6-13)12(15)11(9)7-10;10-7-3-1-6-2-4-9(11)8(6)5-7;9-5-6-2-1-3-7(4-6)8(10)11;1-5-6-7(2,3)4/h4-8,11-12H,2-3,9-10,13H2,1H3,(H2,24,25);3-7,10-11H,1-2,8-9,12H2;1-7,10-11H,8-9,12H2;3-6,9H,1-2,7-8,10H2;1-4,7H,5-6,8H2;1,3,5H,2,4H2;1-4,10-11H;1H2,2-4H3. The van der Waals surface area contributed by atoms with Gasteiger partial charge in [0.05, 0.1) is 46.5 Å². The van der Waals surface area contributed by atoms with Crippen molar-refractivity contribution in [3.8, 4) is 57.7 Å². The molecule has 0 aromatic heterocycles. The molecule has 21 heteroatoms. The fourth-order valence-electron chi connectivity index (χ4n) is 20.6. The van der Waals surface area contributed by atoms with Crippen LogP contribution >= 0.6 is 47.8 Å². The lowest BCUT2D eigenvalue weighted by atomic mass is 9.76. The van der Waals surface area contributed by atoms with Crippen LogP contribution in [0, 0.1) is 72.4 Å². The Labute approximate surface area is 800 Å². The maximum Gasteiger partial charge on any atom is 0.488 e. The summed E-state index contributed by atoms with van der Waals surface area (Å²) in [6, 6.07) is 74.2. The Kier molecular flexibility index (Phi) is 29.7. The molecule has 10 aromatic carbocycles. The molecule has 11 aliphatic rings. The van der Waals surface area contributed by atoms with Gasteiger partial charge in [0.25, 0.3) is 0 Å². The van der Waals surface area contributed by atoms with E-state index < -0.39 is 21.1 Å². The summed E-state index contributed by atoms with van der Waals surface area (Å²) in [4.78, 5) is 73.0. The first kappa shape index (κ1) is 95.9. The Morgan fingerprint density at radius 3 is 1.29 bits per heavy atom. The number of carbonyl (C=O) groups excluding carboxylic acids is 5. The molecule has 4 N–H and O–H groups in total. The number of fused-ring (bicyclic) bond motifs is 8. The molecule has 0 amide bonds. The Bertz CT molecular complexity index is 6430. The number of carbonyl (C=O) groups is 5. The fourth-order valence-corrected chi connectivity index (χ4v) is 22.1. The number of aliphatic imine (C=N–C) groups is 1. The number of ketones is 5. The molecule has 1 atom stereocenters. The second-order valence-electron chi connectivity index (χ2n) is 37.0. The molecule has 10 aromatic rings. The highest BCUT2D eigenvalue weighted by Gasteiger charge is 2.64. The zero-order valence-electron chi connectivity index (χ0n) is 74.8. The minimum Gasteiger partial charge on any atom is -0.423 e. The number of guanidine groups is 1. The Morgan fingerprint density at radius 2 is 0.856 bits per heavy atom. The zero-order chi connectivity index (χ0) is 93.9. The highest BCUT2D eigenvalue weighted by atomic mass is 79.9. The lowest BCUT2D eigenvalue weighted by molar-refractivity contribution is -0.220. The van der Waals surface area contributed by atoms with Gasteiger partial charge in [0.15, 0.2) is 37.2 Å². The zero-order valence-corrected chi connectivity index (χ0v) is 80.6. The van der Waals surface area contributed by atoms with Crippen molar-refractivity contribution in [2.45, 2.75) is 160 Å². The van der Waals surface area contributed by atoms with E-state index in [2.05, 4.69) is 189 Å². The number of nitriles is 4. The molecule has 1 aliphatic heterocycles. The second-order valence-corrected chi connectivity index (χ2v) is 44.3. The summed E-state index contributed by atoms with van der Waals surface area (Å²) in [5.41, 5.74) is 26.2. The van der Waals surface area contributed by atoms with Crippen LogP contribution in [-0.4, -0.2) is 78.3 Å². The number of nitrogens with zero attached hydrogens (tertiary/aromatic N) is 7. The van der Waals surface area contributed by atoms with E-state index in [1.807, 2.05) is 147 Å². The lowest BCUT2D eigenvalue weighted by Gasteiger charge is -2.37. The predicted molar refractivity (Wildman–Crippen MR) is 536 cm³/mol. The minimum absolute atomic E-state index is 0.0160. The van der Waals surface area contributed by atoms with Gasteiger partial charge >= 0.3 is 7.12 Å². The van der Waals surface area contributed by atoms with E-state index in [9.17, 15) is 29.2 Å². The Balaban J connectivity index is 0.000000125. The third kappa shape index (κ3) is 20.4. The lowest BCUT2D eigenvalue weighted by Crippen LogP contribution is -2.41. The first-order valence-electron chi connectivity index (χ1n) is 44.8. The van der Waals surface area contributed by atoms with Crippen molar-refractivity contribution >= 4 is 109 Å². The van der Waals surface area contributed by atoms with Gasteiger partial charge in [-0.1, -0.05) is 213 Å². The van der Waals surface area contributed by atoms with E-state index in [0.29, 0.717) is 64.5 Å². The van der Waals surface area contributed by atoms with Crippen molar-refractivity contribution < 1.29 is 38.9 Å². The summed E-state index contributed by atoms with van der Waals surface area (Å²) in [6.07, 6.45) is 32.3. The van der Waals surface area contributed by atoms with Crippen LogP contribution in [0.25, 0.3) is 33.4 Å². The minimum atomic E-state index is -1.50. The molecule has 0 radical (unpaired) electrons. The van der Waals surface area contributed by atoms with E-state index in [4.69, 9.17) is 41.4 Å². The number of hydrogen-bond acceptors (Lipinski definition) is 16. The molecular weight excluding hydrogens is 1850 g/mol. The fraction of sp³-hybridized carbons (Fsp3) is 0.279. The monoisotopic (exact) mass is 1950 g/mol. The van der Waals surface area contributed by atoms with E-state index in [1.165, 1.54) is 54.0 Å². The molecular formula is C111H104BBr3N8O8Si. The summed E-state index contributed by atoms with van der Waals surface area (Å²) in [6.45, 7) is 17.4. The number of hydrogen-bond donors (Lipinski definition) is 3. The van der Waals surface area contributed by atoms with Crippen molar-refractivity contribution in [2.24, 2.45) is 42.5 Å². The number of allylic oxidation sites excluding steroid dienone is 6. The number of benzene rings is 10.